The van der Waals surface area contributed by atoms with Crippen LogP contribution in [0, 0.1) is 6.92 Å². The van der Waals surface area contributed by atoms with Crippen LogP contribution < -0.4 is 15.4 Å². The Hall–Kier alpha value is -2.39. The molecule has 0 amide bonds. The molecule has 3 N–H and O–H groups in total. The van der Waals surface area contributed by atoms with Crippen LogP contribution in [0.4, 0.5) is 0 Å². The first kappa shape index (κ1) is 21.9. The third-order valence-electron chi connectivity index (χ3n) is 3.94. The van der Waals surface area contributed by atoms with Crippen LogP contribution in [0.5, 0.6) is 0 Å². The molecule has 1 heterocycles. The van der Waals surface area contributed by atoms with Gasteiger partial charge in [0.2, 0.25) is 15.9 Å². The Kier molecular flexibility index (Phi) is 8.46. The summed E-state index contributed by atoms with van der Waals surface area (Å²) in [5.41, 5.74) is 2.85. The number of benzene rings is 1. The molecule has 28 heavy (non-hydrogen) atoms. The van der Waals surface area contributed by atoms with Gasteiger partial charge in [-0.15, -0.1) is 0 Å². The fourth-order valence-corrected chi connectivity index (χ4v) is 2.99. The van der Waals surface area contributed by atoms with Crippen molar-refractivity contribution in [1.82, 2.24) is 20.3 Å². The highest BCUT2D eigenvalue weighted by molar-refractivity contribution is 7.89. The van der Waals surface area contributed by atoms with Gasteiger partial charge >= 0.3 is 0 Å². The normalized spacial score (nSPS) is 12.2. The first-order valence-electron chi connectivity index (χ1n) is 9.44. The van der Waals surface area contributed by atoms with Crippen LogP contribution in [0.3, 0.4) is 0 Å². The number of nitrogens with one attached hydrogen (secondary N) is 3. The van der Waals surface area contributed by atoms with Crippen LogP contribution in [0.15, 0.2) is 39.9 Å². The van der Waals surface area contributed by atoms with Gasteiger partial charge in [0.15, 0.2) is 5.96 Å². The molecule has 0 saturated heterocycles. The first-order chi connectivity index (χ1) is 13.4. The molecule has 0 spiro atoms. The number of nitrogens with zero attached hydrogens (tertiary/aromatic N) is 2. The number of aryl methyl sites for hydroxylation is 1. The van der Waals surface area contributed by atoms with Crippen molar-refractivity contribution in [2.24, 2.45) is 4.99 Å². The highest BCUT2D eigenvalue weighted by atomic mass is 32.2. The monoisotopic (exact) mass is 407 g/mol. The average molecular weight is 408 g/mol. The smallest absolute Gasteiger partial charge is 0.226 e. The third kappa shape index (κ3) is 7.32. The van der Waals surface area contributed by atoms with Crippen molar-refractivity contribution in [2.45, 2.75) is 33.7 Å². The first-order valence-corrected chi connectivity index (χ1v) is 11.1. The SMILES string of the molecule is CCNC(=NCc1coc(-c2ccc(C)cc2)n1)NCCCNS(=O)(=O)CC. The molecule has 0 atom stereocenters. The Morgan fingerprint density at radius 2 is 1.89 bits per heavy atom. The maximum Gasteiger partial charge on any atom is 0.226 e. The van der Waals surface area contributed by atoms with Gasteiger partial charge in [0.25, 0.3) is 0 Å². The Morgan fingerprint density at radius 3 is 2.57 bits per heavy atom. The van der Waals surface area contributed by atoms with Crippen LogP contribution >= 0.6 is 0 Å². The van der Waals surface area contributed by atoms with E-state index in [1.807, 2.05) is 38.1 Å². The summed E-state index contributed by atoms with van der Waals surface area (Å²) in [5.74, 6) is 1.32. The van der Waals surface area contributed by atoms with E-state index in [0.717, 1.165) is 17.8 Å². The lowest BCUT2D eigenvalue weighted by Gasteiger charge is -2.11. The third-order valence-corrected chi connectivity index (χ3v) is 5.35. The van der Waals surface area contributed by atoms with Gasteiger partial charge in [-0.3, -0.25) is 0 Å². The maximum atomic E-state index is 11.4. The van der Waals surface area contributed by atoms with E-state index in [2.05, 4.69) is 25.3 Å². The van der Waals surface area contributed by atoms with E-state index in [1.54, 1.807) is 13.2 Å². The molecule has 0 fully saturated rings. The number of guanidine groups is 1. The van der Waals surface area contributed by atoms with Crippen LogP contribution in [0.25, 0.3) is 11.5 Å². The molecule has 0 aliphatic carbocycles. The van der Waals surface area contributed by atoms with Crippen molar-refractivity contribution >= 4 is 16.0 Å². The van der Waals surface area contributed by atoms with Crippen LogP contribution in [-0.2, 0) is 16.6 Å². The minimum absolute atomic E-state index is 0.0901. The molecule has 1 aromatic carbocycles. The zero-order valence-corrected chi connectivity index (χ0v) is 17.5. The van der Waals surface area contributed by atoms with Crippen LogP contribution in [0.2, 0.25) is 0 Å². The topological polar surface area (TPSA) is 109 Å². The van der Waals surface area contributed by atoms with E-state index in [-0.39, 0.29) is 5.75 Å². The molecule has 2 aromatic rings. The van der Waals surface area contributed by atoms with Gasteiger partial charge < -0.3 is 15.1 Å². The predicted molar refractivity (Wildman–Crippen MR) is 112 cm³/mol. The number of sulfonamides is 1. The minimum Gasteiger partial charge on any atom is -0.444 e. The molecular formula is C19H29N5O3S. The van der Waals surface area contributed by atoms with E-state index < -0.39 is 10.0 Å². The standard InChI is InChI=1S/C19H29N5O3S/c1-4-20-19(21-11-6-12-23-28(25,26)5-2)22-13-17-14-27-18(24-17)16-9-7-15(3)8-10-16/h7-10,14,23H,4-6,11-13H2,1-3H3,(H2,20,21,22). The van der Waals surface area contributed by atoms with Crippen molar-refractivity contribution in [1.29, 1.82) is 0 Å². The van der Waals surface area contributed by atoms with E-state index in [4.69, 9.17) is 4.42 Å². The maximum absolute atomic E-state index is 11.4. The summed E-state index contributed by atoms with van der Waals surface area (Å²) >= 11 is 0. The summed E-state index contributed by atoms with van der Waals surface area (Å²) in [6, 6.07) is 8.00. The second-order valence-electron chi connectivity index (χ2n) is 6.28. The van der Waals surface area contributed by atoms with Gasteiger partial charge in [0, 0.05) is 25.2 Å². The number of hydrogen-bond acceptors (Lipinski definition) is 5. The second-order valence-corrected chi connectivity index (χ2v) is 8.38. The van der Waals surface area contributed by atoms with Gasteiger partial charge in [-0.1, -0.05) is 17.7 Å². The summed E-state index contributed by atoms with van der Waals surface area (Å²) < 4.78 is 30.9. The van der Waals surface area contributed by atoms with E-state index in [9.17, 15) is 8.42 Å². The highest BCUT2D eigenvalue weighted by Crippen LogP contribution is 2.19. The van der Waals surface area contributed by atoms with Gasteiger partial charge in [-0.05, 0) is 39.3 Å². The summed E-state index contributed by atoms with van der Waals surface area (Å²) in [4.78, 5) is 8.98. The molecule has 0 aliphatic rings. The molecule has 1 aromatic heterocycles. The van der Waals surface area contributed by atoms with Crippen molar-refractivity contribution in [3.63, 3.8) is 0 Å². The van der Waals surface area contributed by atoms with Crippen LogP contribution in [-0.4, -0.2) is 44.7 Å². The van der Waals surface area contributed by atoms with Gasteiger partial charge in [-0.2, -0.15) is 0 Å². The van der Waals surface area contributed by atoms with E-state index >= 15 is 0 Å². The van der Waals surface area contributed by atoms with Gasteiger partial charge in [0.05, 0.1) is 12.3 Å². The number of rotatable bonds is 10. The molecule has 0 unspecified atom stereocenters. The molecule has 0 bridgehead atoms. The molecule has 0 radical (unpaired) electrons. The second kappa shape index (κ2) is 10.8. The Morgan fingerprint density at radius 1 is 1.14 bits per heavy atom. The average Bonchev–Trinajstić information content (AvgIpc) is 3.15. The summed E-state index contributed by atoms with van der Waals surface area (Å²) in [5, 5.41) is 6.34. The van der Waals surface area contributed by atoms with E-state index in [1.165, 1.54) is 5.56 Å². The molecule has 0 aliphatic heterocycles. The van der Waals surface area contributed by atoms with E-state index in [0.29, 0.717) is 37.9 Å². The zero-order valence-electron chi connectivity index (χ0n) is 16.7. The molecule has 154 valence electrons. The number of oxazole rings is 1. The summed E-state index contributed by atoms with van der Waals surface area (Å²) in [7, 11) is -3.14. The minimum atomic E-state index is -3.14. The van der Waals surface area contributed by atoms with Crippen molar-refractivity contribution in [2.75, 3.05) is 25.4 Å². The Bertz CT molecular complexity index is 860. The lowest BCUT2D eigenvalue weighted by molar-refractivity contribution is 0.572. The van der Waals surface area contributed by atoms with Gasteiger partial charge in [0.1, 0.15) is 12.0 Å². The van der Waals surface area contributed by atoms with Gasteiger partial charge in [-0.25, -0.2) is 23.1 Å². The Labute approximate surface area is 166 Å². The fraction of sp³-hybridized carbons (Fsp3) is 0.474. The number of aliphatic imine (C=N–C) groups is 1. The Balaban J connectivity index is 1.86. The summed E-state index contributed by atoms with van der Waals surface area (Å²) in [6.07, 6.45) is 2.27. The molecule has 8 nitrogen and oxygen atoms in total. The lowest BCUT2D eigenvalue weighted by atomic mass is 10.1. The highest BCUT2D eigenvalue weighted by Gasteiger charge is 2.07. The zero-order chi connectivity index (χ0) is 20.4. The number of hydrogen-bond donors (Lipinski definition) is 3. The van der Waals surface area contributed by atoms with Crippen molar-refractivity contribution in [3.05, 3.63) is 41.8 Å². The molecule has 0 saturated carbocycles. The van der Waals surface area contributed by atoms with Crippen molar-refractivity contribution in [3.8, 4) is 11.5 Å². The predicted octanol–water partition coefficient (Wildman–Crippen LogP) is 2.03. The quantitative estimate of drug-likeness (QED) is 0.316. The lowest BCUT2D eigenvalue weighted by Crippen LogP contribution is -2.38. The fourth-order valence-electron chi connectivity index (χ4n) is 2.34. The van der Waals surface area contributed by atoms with Crippen LogP contribution in [0.1, 0.15) is 31.5 Å². The molecular weight excluding hydrogens is 378 g/mol. The number of aromatic nitrogens is 1. The summed E-state index contributed by atoms with van der Waals surface area (Å²) in [6.45, 7) is 7.74. The van der Waals surface area contributed by atoms with Crippen molar-refractivity contribution < 1.29 is 12.8 Å². The molecule has 9 heteroatoms. The molecule has 2 rings (SSSR count). The largest absolute Gasteiger partial charge is 0.444 e.